The third-order valence-corrected chi connectivity index (χ3v) is 5.01. The summed E-state index contributed by atoms with van der Waals surface area (Å²) in [5.74, 6) is 0.672. The number of halogens is 1. The maximum Gasteiger partial charge on any atom is 0.248 e. The van der Waals surface area contributed by atoms with Gasteiger partial charge in [-0.05, 0) is 52.1 Å². The molecule has 5 rings (SSSR count). The highest BCUT2D eigenvalue weighted by Crippen LogP contribution is 2.43. The molecular formula is C18H14ClN5. The van der Waals surface area contributed by atoms with E-state index in [-0.39, 0.29) is 6.04 Å². The number of hydrogen-bond acceptors (Lipinski definition) is 4. The number of nitrogens with one attached hydrogen (secondary N) is 1. The van der Waals surface area contributed by atoms with Crippen molar-refractivity contribution < 1.29 is 0 Å². The summed E-state index contributed by atoms with van der Waals surface area (Å²) >= 11 is 6.06. The average molecular weight is 336 g/mol. The molecule has 0 spiro atoms. The van der Waals surface area contributed by atoms with Crippen LogP contribution in [-0.2, 0) is 6.42 Å². The number of aryl methyl sites for hydroxylation is 1. The van der Waals surface area contributed by atoms with Gasteiger partial charge in [-0.2, -0.15) is 4.68 Å². The zero-order chi connectivity index (χ0) is 16.1. The Morgan fingerprint density at radius 1 is 1.04 bits per heavy atom. The van der Waals surface area contributed by atoms with E-state index >= 15 is 0 Å². The minimum absolute atomic E-state index is 0.00290. The van der Waals surface area contributed by atoms with Gasteiger partial charge in [0.2, 0.25) is 5.95 Å². The smallest absolute Gasteiger partial charge is 0.248 e. The summed E-state index contributed by atoms with van der Waals surface area (Å²) in [5.41, 5.74) is 6.20. The highest BCUT2D eigenvalue weighted by molar-refractivity contribution is 6.30. The lowest BCUT2D eigenvalue weighted by Gasteiger charge is -2.33. The van der Waals surface area contributed by atoms with Gasteiger partial charge in [0.1, 0.15) is 6.04 Å². The first-order valence-electron chi connectivity index (χ1n) is 7.93. The number of fused-ring (bicyclic) bond motifs is 3. The minimum atomic E-state index is -0.00290. The van der Waals surface area contributed by atoms with Crippen molar-refractivity contribution in [2.24, 2.45) is 0 Å². The van der Waals surface area contributed by atoms with E-state index in [2.05, 4.69) is 57.2 Å². The third kappa shape index (κ3) is 1.98. The molecule has 3 aromatic rings. The van der Waals surface area contributed by atoms with Gasteiger partial charge in [0.15, 0.2) is 0 Å². The first-order valence-corrected chi connectivity index (χ1v) is 8.31. The van der Waals surface area contributed by atoms with Crippen molar-refractivity contribution >= 4 is 23.2 Å². The van der Waals surface area contributed by atoms with Crippen LogP contribution in [0.15, 0.2) is 54.1 Å². The Morgan fingerprint density at radius 3 is 2.75 bits per heavy atom. The van der Waals surface area contributed by atoms with Crippen molar-refractivity contribution in [2.45, 2.75) is 18.9 Å². The molecule has 1 aliphatic carbocycles. The number of benzene rings is 2. The summed E-state index contributed by atoms with van der Waals surface area (Å²) in [7, 11) is 0. The number of nitrogens with zero attached hydrogens (tertiary/aromatic N) is 4. The fourth-order valence-corrected chi connectivity index (χ4v) is 3.79. The zero-order valence-corrected chi connectivity index (χ0v) is 13.5. The third-order valence-electron chi connectivity index (χ3n) is 4.76. The Kier molecular flexibility index (Phi) is 2.97. The van der Waals surface area contributed by atoms with Gasteiger partial charge < -0.3 is 5.32 Å². The minimum Gasteiger partial charge on any atom is -0.322 e. The summed E-state index contributed by atoms with van der Waals surface area (Å²) in [6, 6.07) is 16.4. The second kappa shape index (κ2) is 5.18. The first kappa shape index (κ1) is 13.7. The topological polar surface area (TPSA) is 55.6 Å². The molecule has 0 amide bonds. The van der Waals surface area contributed by atoms with E-state index < -0.39 is 0 Å². The molecule has 24 heavy (non-hydrogen) atoms. The van der Waals surface area contributed by atoms with Gasteiger partial charge in [-0.3, -0.25) is 0 Å². The van der Waals surface area contributed by atoms with Crippen LogP contribution in [0.1, 0.15) is 29.2 Å². The Hall–Kier alpha value is -2.66. The molecule has 0 bridgehead atoms. The highest BCUT2D eigenvalue weighted by Gasteiger charge is 2.34. The van der Waals surface area contributed by atoms with Crippen LogP contribution in [0, 0.1) is 0 Å². The number of anilines is 1. The number of tetrazole rings is 1. The second-order valence-corrected chi connectivity index (χ2v) is 6.52. The molecule has 5 nitrogen and oxygen atoms in total. The molecule has 1 unspecified atom stereocenters. The van der Waals surface area contributed by atoms with E-state index in [4.69, 9.17) is 11.6 Å². The molecule has 1 aromatic heterocycles. The number of allylic oxidation sites excluding steroid dienone is 1. The van der Waals surface area contributed by atoms with E-state index in [1.165, 1.54) is 16.7 Å². The Bertz CT molecular complexity index is 958. The Balaban J connectivity index is 1.73. The van der Waals surface area contributed by atoms with Gasteiger partial charge in [0.05, 0.1) is 5.70 Å². The van der Waals surface area contributed by atoms with Gasteiger partial charge in [-0.15, -0.1) is 0 Å². The van der Waals surface area contributed by atoms with E-state index in [1.54, 1.807) is 0 Å². The molecule has 118 valence electrons. The van der Waals surface area contributed by atoms with Crippen molar-refractivity contribution in [1.82, 2.24) is 20.2 Å². The lowest BCUT2D eigenvalue weighted by atomic mass is 9.83. The number of hydrogen-bond donors (Lipinski definition) is 1. The van der Waals surface area contributed by atoms with Gasteiger partial charge in [0, 0.05) is 10.6 Å². The van der Waals surface area contributed by atoms with Crippen LogP contribution in [0.25, 0.3) is 5.70 Å². The maximum absolute atomic E-state index is 6.06. The van der Waals surface area contributed by atoms with Crippen molar-refractivity contribution in [3.05, 3.63) is 75.8 Å². The normalized spacial score (nSPS) is 18.5. The SMILES string of the molecule is Clc1ccc(C2C3=C(Nc4nnnn42)c2ccccc2CC3)cc1. The molecule has 0 saturated carbocycles. The van der Waals surface area contributed by atoms with Crippen LogP contribution in [0.3, 0.4) is 0 Å². The lowest BCUT2D eigenvalue weighted by molar-refractivity contribution is 0.544. The summed E-state index contributed by atoms with van der Waals surface area (Å²) in [6.45, 7) is 0. The summed E-state index contributed by atoms with van der Waals surface area (Å²) in [5, 5.41) is 16.4. The molecule has 0 radical (unpaired) electrons. The van der Waals surface area contributed by atoms with Gasteiger partial charge in [-0.25, -0.2) is 0 Å². The van der Waals surface area contributed by atoms with Crippen molar-refractivity contribution in [1.29, 1.82) is 0 Å². The van der Waals surface area contributed by atoms with Crippen LogP contribution in [-0.4, -0.2) is 20.2 Å². The molecule has 0 saturated heterocycles. The summed E-state index contributed by atoms with van der Waals surface area (Å²) < 4.78 is 1.86. The average Bonchev–Trinajstić information content (AvgIpc) is 3.09. The largest absolute Gasteiger partial charge is 0.322 e. The second-order valence-electron chi connectivity index (χ2n) is 6.08. The Morgan fingerprint density at radius 2 is 1.88 bits per heavy atom. The van der Waals surface area contributed by atoms with Gasteiger partial charge >= 0.3 is 0 Å². The van der Waals surface area contributed by atoms with Crippen molar-refractivity contribution in [3.63, 3.8) is 0 Å². The lowest BCUT2D eigenvalue weighted by Crippen LogP contribution is -2.27. The predicted molar refractivity (Wildman–Crippen MR) is 92.7 cm³/mol. The van der Waals surface area contributed by atoms with Crippen LogP contribution in [0.4, 0.5) is 5.95 Å². The highest BCUT2D eigenvalue weighted by atomic mass is 35.5. The molecule has 0 fully saturated rings. The Labute approximate surface area is 144 Å². The van der Waals surface area contributed by atoms with Gasteiger partial charge in [0.25, 0.3) is 0 Å². The van der Waals surface area contributed by atoms with E-state index in [9.17, 15) is 0 Å². The summed E-state index contributed by atoms with van der Waals surface area (Å²) in [4.78, 5) is 0. The molecule has 6 heteroatoms. The zero-order valence-electron chi connectivity index (χ0n) is 12.8. The van der Waals surface area contributed by atoms with E-state index in [0.29, 0.717) is 5.95 Å². The van der Waals surface area contributed by atoms with Crippen molar-refractivity contribution in [2.75, 3.05) is 5.32 Å². The van der Waals surface area contributed by atoms with Crippen LogP contribution in [0.2, 0.25) is 5.02 Å². The predicted octanol–water partition coefficient (Wildman–Crippen LogP) is 3.70. The molecule has 1 aliphatic heterocycles. The fourth-order valence-electron chi connectivity index (χ4n) is 3.67. The standard InChI is InChI=1S/C18H14ClN5/c19-13-8-5-12(6-9-13)17-15-10-7-11-3-1-2-4-14(11)16(15)20-18-21-22-23-24(17)18/h1-6,8-9,17H,7,10H2,(H,20,21,23). The monoisotopic (exact) mass is 335 g/mol. The van der Waals surface area contributed by atoms with Crippen LogP contribution >= 0.6 is 11.6 Å². The number of aromatic nitrogens is 4. The van der Waals surface area contributed by atoms with E-state index in [1.807, 2.05) is 16.8 Å². The molecular weight excluding hydrogens is 322 g/mol. The van der Waals surface area contributed by atoms with E-state index in [0.717, 1.165) is 29.1 Å². The fraction of sp³-hybridized carbons (Fsp3) is 0.167. The number of rotatable bonds is 1. The molecule has 1 atom stereocenters. The first-order chi connectivity index (χ1) is 11.8. The van der Waals surface area contributed by atoms with Crippen LogP contribution < -0.4 is 5.32 Å². The van der Waals surface area contributed by atoms with Gasteiger partial charge in [-0.1, -0.05) is 53.1 Å². The molecule has 1 N–H and O–H groups in total. The molecule has 2 aliphatic rings. The maximum atomic E-state index is 6.06. The quantitative estimate of drug-likeness (QED) is 0.736. The van der Waals surface area contributed by atoms with Crippen LogP contribution in [0.5, 0.6) is 0 Å². The summed E-state index contributed by atoms with van der Waals surface area (Å²) in [6.07, 6.45) is 2.00. The molecule has 2 aromatic carbocycles. The molecule has 2 heterocycles. The van der Waals surface area contributed by atoms with Crippen molar-refractivity contribution in [3.8, 4) is 0 Å².